The maximum absolute atomic E-state index is 12.8. The van der Waals surface area contributed by atoms with Crippen molar-refractivity contribution in [2.45, 2.75) is 31.6 Å². The number of benzene rings is 2. The van der Waals surface area contributed by atoms with Gasteiger partial charge in [-0.25, -0.2) is 8.42 Å². The molecule has 1 N–H and O–H groups in total. The molecule has 3 rings (SSSR count). The zero-order valence-corrected chi connectivity index (χ0v) is 18.4. The molecule has 1 saturated heterocycles. The van der Waals surface area contributed by atoms with Gasteiger partial charge in [0.15, 0.2) is 6.61 Å². The first-order valence-electron chi connectivity index (χ1n) is 9.98. The highest BCUT2D eigenvalue weighted by atomic mass is 32.2. The molecule has 1 fully saturated rings. The lowest BCUT2D eigenvalue weighted by molar-refractivity contribution is -0.118. The lowest BCUT2D eigenvalue weighted by atomic mass is 10.0. The summed E-state index contributed by atoms with van der Waals surface area (Å²) in [5.41, 5.74) is 2.49. The topological polar surface area (TPSA) is 84.9 Å². The predicted molar refractivity (Wildman–Crippen MR) is 115 cm³/mol. The maximum Gasteiger partial charge on any atom is 0.262 e. The zero-order valence-electron chi connectivity index (χ0n) is 17.6. The fraction of sp³-hybridized carbons (Fsp3) is 0.409. The lowest BCUT2D eigenvalue weighted by Crippen LogP contribution is -2.40. The molecule has 0 saturated carbocycles. The number of morpholine rings is 1. The first-order valence-corrected chi connectivity index (χ1v) is 11.4. The average Bonchev–Trinajstić information content (AvgIpc) is 2.73. The van der Waals surface area contributed by atoms with Gasteiger partial charge in [0.25, 0.3) is 5.91 Å². The van der Waals surface area contributed by atoms with Crippen LogP contribution >= 0.6 is 0 Å². The van der Waals surface area contributed by atoms with Gasteiger partial charge in [-0.05, 0) is 48.2 Å². The molecule has 0 aliphatic carbocycles. The van der Waals surface area contributed by atoms with Crippen molar-refractivity contribution in [2.75, 3.05) is 38.2 Å². The Hall–Kier alpha value is -2.42. The van der Waals surface area contributed by atoms with E-state index in [9.17, 15) is 13.2 Å². The maximum atomic E-state index is 12.8. The van der Waals surface area contributed by atoms with E-state index in [1.165, 1.54) is 16.4 Å². The van der Waals surface area contributed by atoms with Crippen LogP contribution < -0.4 is 10.1 Å². The molecule has 0 spiro atoms. The van der Waals surface area contributed by atoms with Crippen LogP contribution in [0, 0.1) is 6.92 Å². The Balaban J connectivity index is 1.67. The van der Waals surface area contributed by atoms with Crippen molar-refractivity contribution in [1.29, 1.82) is 0 Å². The van der Waals surface area contributed by atoms with E-state index in [1.54, 1.807) is 12.1 Å². The molecule has 0 aromatic heterocycles. The third kappa shape index (κ3) is 5.38. The van der Waals surface area contributed by atoms with E-state index in [1.807, 2.05) is 25.1 Å². The van der Waals surface area contributed by atoms with E-state index in [0.717, 1.165) is 11.1 Å². The van der Waals surface area contributed by atoms with Crippen molar-refractivity contribution in [2.24, 2.45) is 0 Å². The molecule has 1 amide bonds. The molecule has 8 heteroatoms. The highest BCUT2D eigenvalue weighted by Gasteiger charge is 2.26. The summed E-state index contributed by atoms with van der Waals surface area (Å²) < 4.78 is 38.0. The van der Waals surface area contributed by atoms with Gasteiger partial charge in [-0.3, -0.25) is 4.79 Å². The van der Waals surface area contributed by atoms with Crippen molar-refractivity contribution in [3.05, 3.63) is 53.6 Å². The Labute approximate surface area is 178 Å². The minimum absolute atomic E-state index is 0.142. The second-order valence-corrected chi connectivity index (χ2v) is 9.52. The molecule has 0 unspecified atom stereocenters. The number of anilines is 1. The summed E-state index contributed by atoms with van der Waals surface area (Å²) in [5.74, 6) is 0.599. The number of rotatable bonds is 7. The Morgan fingerprint density at radius 3 is 2.60 bits per heavy atom. The van der Waals surface area contributed by atoms with Gasteiger partial charge in [-0.2, -0.15) is 4.31 Å². The molecule has 162 valence electrons. The number of nitrogens with one attached hydrogen (secondary N) is 1. The number of carbonyl (C=O) groups excluding carboxylic acids is 1. The molecule has 1 heterocycles. The summed E-state index contributed by atoms with van der Waals surface area (Å²) in [6, 6.07) is 12.2. The number of amides is 1. The van der Waals surface area contributed by atoms with Gasteiger partial charge in [0.05, 0.1) is 18.1 Å². The first-order chi connectivity index (χ1) is 14.3. The number of carbonyl (C=O) groups is 1. The third-order valence-corrected chi connectivity index (χ3v) is 6.77. The van der Waals surface area contributed by atoms with Crippen molar-refractivity contribution >= 4 is 21.6 Å². The Morgan fingerprint density at radius 1 is 1.17 bits per heavy atom. The number of ether oxygens (including phenoxy) is 2. The van der Waals surface area contributed by atoms with Gasteiger partial charge in [0, 0.05) is 18.8 Å². The number of aryl methyl sites for hydroxylation is 1. The largest absolute Gasteiger partial charge is 0.483 e. The van der Waals surface area contributed by atoms with E-state index in [-0.39, 0.29) is 23.3 Å². The van der Waals surface area contributed by atoms with Crippen LogP contribution in [0.5, 0.6) is 5.75 Å². The number of sulfonamides is 1. The Bertz CT molecular complexity index is 998. The molecule has 0 radical (unpaired) electrons. The predicted octanol–water partition coefficient (Wildman–Crippen LogP) is 3.16. The smallest absolute Gasteiger partial charge is 0.262 e. The van der Waals surface area contributed by atoms with E-state index >= 15 is 0 Å². The molecule has 0 atom stereocenters. The molecule has 1 aliphatic rings. The van der Waals surface area contributed by atoms with Crippen LogP contribution in [0.15, 0.2) is 47.4 Å². The van der Waals surface area contributed by atoms with Crippen molar-refractivity contribution in [1.82, 2.24) is 4.31 Å². The Morgan fingerprint density at radius 2 is 1.90 bits per heavy atom. The van der Waals surface area contributed by atoms with Gasteiger partial charge >= 0.3 is 0 Å². The molecule has 0 bridgehead atoms. The summed E-state index contributed by atoms with van der Waals surface area (Å²) in [6.07, 6.45) is 0. The monoisotopic (exact) mass is 432 g/mol. The molecular formula is C22H28N2O5S. The van der Waals surface area contributed by atoms with Gasteiger partial charge in [-0.15, -0.1) is 0 Å². The van der Waals surface area contributed by atoms with E-state index in [2.05, 4.69) is 19.2 Å². The van der Waals surface area contributed by atoms with Gasteiger partial charge in [0.1, 0.15) is 5.75 Å². The van der Waals surface area contributed by atoms with Gasteiger partial charge < -0.3 is 14.8 Å². The molecular weight excluding hydrogens is 404 g/mol. The number of nitrogens with zero attached hydrogens (tertiary/aromatic N) is 1. The quantitative estimate of drug-likeness (QED) is 0.727. The van der Waals surface area contributed by atoms with Crippen LogP contribution in [0.2, 0.25) is 0 Å². The highest BCUT2D eigenvalue weighted by molar-refractivity contribution is 7.89. The van der Waals surface area contributed by atoms with E-state index in [0.29, 0.717) is 37.7 Å². The second-order valence-electron chi connectivity index (χ2n) is 7.58. The first kappa shape index (κ1) is 22.3. The summed E-state index contributed by atoms with van der Waals surface area (Å²) in [6.45, 7) is 7.34. The minimum atomic E-state index is -3.62. The molecule has 2 aromatic rings. The van der Waals surface area contributed by atoms with Crippen molar-refractivity contribution in [3.8, 4) is 5.75 Å². The van der Waals surface area contributed by atoms with Crippen LogP contribution in [0.1, 0.15) is 30.9 Å². The number of hydrogen-bond acceptors (Lipinski definition) is 5. The van der Waals surface area contributed by atoms with Gasteiger partial charge in [0.2, 0.25) is 10.0 Å². The molecule has 1 aliphatic heterocycles. The zero-order chi connectivity index (χ0) is 21.7. The fourth-order valence-corrected chi connectivity index (χ4v) is 4.71. The van der Waals surface area contributed by atoms with Crippen molar-refractivity contribution < 1.29 is 22.7 Å². The Kier molecular flexibility index (Phi) is 7.12. The normalized spacial score (nSPS) is 15.2. The van der Waals surface area contributed by atoms with E-state index in [4.69, 9.17) is 9.47 Å². The van der Waals surface area contributed by atoms with Crippen LogP contribution in [0.3, 0.4) is 0 Å². The average molecular weight is 433 g/mol. The van der Waals surface area contributed by atoms with Crippen LogP contribution in [-0.2, 0) is 19.6 Å². The van der Waals surface area contributed by atoms with Crippen molar-refractivity contribution in [3.63, 3.8) is 0 Å². The molecule has 2 aromatic carbocycles. The van der Waals surface area contributed by atoms with Gasteiger partial charge in [-0.1, -0.05) is 32.0 Å². The second kappa shape index (κ2) is 9.59. The van der Waals surface area contributed by atoms with Crippen LogP contribution in [0.25, 0.3) is 0 Å². The number of hydrogen-bond donors (Lipinski definition) is 1. The highest BCUT2D eigenvalue weighted by Crippen LogP contribution is 2.27. The summed E-state index contributed by atoms with van der Waals surface area (Å²) in [4.78, 5) is 12.5. The lowest BCUT2D eigenvalue weighted by Gasteiger charge is -2.26. The summed E-state index contributed by atoms with van der Waals surface area (Å²) >= 11 is 0. The van der Waals surface area contributed by atoms with Crippen LogP contribution in [-0.4, -0.2) is 51.5 Å². The molecule has 7 nitrogen and oxygen atoms in total. The minimum Gasteiger partial charge on any atom is -0.483 e. The van der Waals surface area contributed by atoms with E-state index < -0.39 is 10.0 Å². The third-order valence-electron chi connectivity index (χ3n) is 4.88. The van der Waals surface area contributed by atoms with Crippen LogP contribution in [0.4, 0.5) is 5.69 Å². The summed E-state index contributed by atoms with van der Waals surface area (Å²) in [5, 5.41) is 2.72. The molecule has 30 heavy (non-hydrogen) atoms. The SMILES string of the molecule is Cc1ccc(C(C)C)c(OCC(=O)Nc2cccc(S(=O)(=O)N3CCOCC3)c2)c1. The summed E-state index contributed by atoms with van der Waals surface area (Å²) in [7, 11) is -3.62. The standard InChI is InChI=1S/C22H28N2O5S/c1-16(2)20-8-7-17(3)13-21(20)29-15-22(25)23-18-5-4-6-19(14-18)30(26,27)24-9-11-28-12-10-24/h4-8,13-14,16H,9-12,15H2,1-3H3,(H,23,25). The fourth-order valence-electron chi connectivity index (χ4n) is 3.25.